The molecule has 0 heterocycles. The minimum Gasteiger partial charge on any atom is -0.433 e. The Kier molecular flexibility index (Phi) is 14.4. The minimum absolute atomic E-state index is 0.0863. The van der Waals surface area contributed by atoms with E-state index in [0.717, 1.165) is 106 Å². The van der Waals surface area contributed by atoms with E-state index < -0.39 is 6.16 Å². The lowest BCUT2D eigenvalue weighted by Crippen LogP contribution is -2.51. The van der Waals surface area contributed by atoms with Gasteiger partial charge in [-0.05, 0) is 136 Å². The van der Waals surface area contributed by atoms with Gasteiger partial charge in [-0.25, -0.2) is 4.79 Å². The second-order valence-electron chi connectivity index (χ2n) is 17.3. The SMILES string of the molecule is C=C(N)CCCCN(CCCCC(=N)N)CCOC(=O)O[C@H]1CC[C@@]2(C)C(=CC[C@H]3[C@@H]4CC[C@H]([C@H](C)CCCC(C)C)[C@@]4(C)CC[C@@H]32)C1. The predicted octanol–water partition coefficient (Wildman–Crippen LogP) is 9.60. The molecule has 0 bridgehead atoms. The Morgan fingerprint density at radius 2 is 1.69 bits per heavy atom. The molecular weight excluding hydrogens is 596 g/mol. The summed E-state index contributed by atoms with van der Waals surface area (Å²) in [7, 11) is 0. The third-order valence-electron chi connectivity index (χ3n) is 13.5. The number of rotatable bonds is 19. The van der Waals surface area contributed by atoms with Crippen molar-refractivity contribution in [3.63, 3.8) is 0 Å². The molecule has 0 amide bonds. The van der Waals surface area contributed by atoms with E-state index in [1.54, 1.807) is 5.57 Å². The molecule has 7 nitrogen and oxygen atoms in total. The Bertz CT molecular complexity index is 1080. The van der Waals surface area contributed by atoms with Crippen LogP contribution in [0.3, 0.4) is 0 Å². The van der Waals surface area contributed by atoms with Crippen LogP contribution < -0.4 is 11.5 Å². The van der Waals surface area contributed by atoms with Gasteiger partial charge in [0.15, 0.2) is 0 Å². The Morgan fingerprint density at radius 1 is 0.958 bits per heavy atom. The normalized spacial score (nSPS) is 31.8. The maximum atomic E-state index is 12.8. The fourth-order valence-electron chi connectivity index (χ4n) is 10.9. The zero-order valence-corrected chi connectivity index (χ0v) is 31.5. The van der Waals surface area contributed by atoms with Gasteiger partial charge in [0.1, 0.15) is 12.7 Å². The minimum atomic E-state index is -0.526. The predicted molar refractivity (Wildman–Crippen MR) is 199 cm³/mol. The van der Waals surface area contributed by atoms with Crippen LogP contribution in [0, 0.1) is 51.7 Å². The molecule has 0 aliphatic heterocycles. The van der Waals surface area contributed by atoms with Gasteiger partial charge in [0.2, 0.25) is 0 Å². The van der Waals surface area contributed by atoms with Gasteiger partial charge in [-0.3, -0.25) is 10.3 Å². The summed E-state index contributed by atoms with van der Waals surface area (Å²) in [6.45, 7) is 19.1. The second-order valence-corrected chi connectivity index (χ2v) is 17.3. The van der Waals surface area contributed by atoms with Crippen molar-refractivity contribution in [2.75, 3.05) is 26.2 Å². The fraction of sp³-hybridized carbons (Fsp3) is 0.854. The third kappa shape index (κ3) is 10.0. The highest BCUT2D eigenvalue weighted by molar-refractivity contribution is 5.76. The first-order valence-corrected chi connectivity index (χ1v) is 19.8. The average molecular weight is 669 g/mol. The Morgan fingerprint density at radius 3 is 2.38 bits per heavy atom. The van der Waals surface area contributed by atoms with Crippen LogP contribution >= 0.6 is 0 Å². The van der Waals surface area contributed by atoms with E-state index in [1.807, 2.05) is 0 Å². The van der Waals surface area contributed by atoms with Crippen molar-refractivity contribution < 1.29 is 14.3 Å². The molecule has 274 valence electrons. The van der Waals surface area contributed by atoms with Crippen LogP contribution in [0.5, 0.6) is 0 Å². The number of hydrogen-bond donors (Lipinski definition) is 3. The third-order valence-corrected chi connectivity index (χ3v) is 13.5. The molecule has 4 aliphatic carbocycles. The Hall–Kier alpha value is -2.02. The van der Waals surface area contributed by atoms with Crippen LogP contribution in [0.25, 0.3) is 0 Å². The first kappa shape index (κ1) is 38.8. The number of carbonyl (C=O) groups excluding carboxylic acids is 1. The van der Waals surface area contributed by atoms with Crippen LogP contribution in [0.4, 0.5) is 4.79 Å². The number of nitrogens with zero attached hydrogens (tertiary/aromatic N) is 1. The smallest absolute Gasteiger partial charge is 0.433 e. The summed E-state index contributed by atoms with van der Waals surface area (Å²) >= 11 is 0. The zero-order chi connectivity index (χ0) is 34.9. The summed E-state index contributed by atoms with van der Waals surface area (Å²) in [4.78, 5) is 15.2. The average Bonchev–Trinajstić information content (AvgIpc) is 3.38. The molecule has 0 spiro atoms. The molecule has 7 heteroatoms. The molecule has 4 rings (SSSR count). The number of hydrogen-bond acceptors (Lipinski definition) is 6. The summed E-state index contributed by atoms with van der Waals surface area (Å²) in [6, 6.07) is 0. The van der Waals surface area contributed by atoms with Crippen molar-refractivity contribution in [1.29, 1.82) is 5.41 Å². The standard InChI is InChI=1S/C41H72N4O3/c1-29(2)12-11-13-30(3)35-18-19-36-34-17-16-32-28-33(20-22-40(32,5)37(34)21-23-41(35,36)6)48-39(46)47-27-26-45(24-9-7-14-31(4)42)25-10-8-15-38(43)44/h16,29-30,33-37H,4,7-15,17-28,42H2,1-3,5-6H3,(H3,43,44)/t30-,33+,34+,35-,36+,37+,40+,41-/m1/s1. The van der Waals surface area contributed by atoms with Gasteiger partial charge in [0, 0.05) is 25.1 Å². The number of fused-ring (bicyclic) bond motifs is 5. The van der Waals surface area contributed by atoms with E-state index in [0.29, 0.717) is 25.0 Å². The van der Waals surface area contributed by atoms with E-state index in [4.69, 9.17) is 26.4 Å². The number of allylic oxidation sites excluding steroid dienone is 2. The van der Waals surface area contributed by atoms with Gasteiger partial charge in [-0.15, -0.1) is 0 Å². The lowest BCUT2D eigenvalue weighted by atomic mass is 9.47. The lowest BCUT2D eigenvalue weighted by Gasteiger charge is -2.58. The van der Waals surface area contributed by atoms with Crippen molar-refractivity contribution >= 4 is 12.0 Å². The quantitative estimate of drug-likeness (QED) is 0.0415. The summed E-state index contributed by atoms with van der Waals surface area (Å²) < 4.78 is 11.6. The number of nitrogens with one attached hydrogen (secondary N) is 1. The Labute approximate surface area is 293 Å². The number of carbonyl (C=O) groups is 1. The lowest BCUT2D eigenvalue weighted by molar-refractivity contribution is -0.0619. The van der Waals surface area contributed by atoms with E-state index in [-0.39, 0.29) is 17.4 Å². The van der Waals surface area contributed by atoms with Crippen LogP contribution in [0.15, 0.2) is 23.9 Å². The molecule has 8 atom stereocenters. The summed E-state index contributed by atoms with van der Waals surface area (Å²) in [5, 5.41) is 7.47. The van der Waals surface area contributed by atoms with E-state index in [1.165, 1.54) is 51.4 Å². The highest BCUT2D eigenvalue weighted by Gasteiger charge is 2.59. The molecule has 3 fully saturated rings. The summed E-state index contributed by atoms with van der Waals surface area (Å²) in [5.74, 6) is 5.23. The first-order valence-electron chi connectivity index (χ1n) is 19.8. The number of amidine groups is 1. The molecule has 0 radical (unpaired) electrons. The first-order chi connectivity index (χ1) is 22.8. The molecule has 48 heavy (non-hydrogen) atoms. The van der Waals surface area contributed by atoms with Crippen molar-refractivity contribution in [2.45, 2.75) is 150 Å². The monoisotopic (exact) mass is 669 g/mol. The van der Waals surface area contributed by atoms with Gasteiger partial charge in [-0.1, -0.05) is 72.1 Å². The van der Waals surface area contributed by atoms with E-state index >= 15 is 0 Å². The van der Waals surface area contributed by atoms with Gasteiger partial charge >= 0.3 is 6.16 Å². The molecular formula is C41H72N4O3. The van der Waals surface area contributed by atoms with Gasteiger partial charge in [0.25, 0.3) is 0 Å². The topological polar surface area (TPSA) is 115 Å². The van der Waals surface area contributed by atoms with E-state index in [9.17, 15) is 4.79 Å². The summed E-state index contributed by atoms with van der Waals surface area (Å²) in [5.41, 5.74) is 14.3. The second kappa shape index (κ2) is 17.8. The molecule has 0 aromatic rings. The largest absolute Gasteiger partial charge is 0.508 e. The Balaban J connectivity index is 1.25. The van der Waals surface area contributed by atoms with Crippen molar-refractivity contribution in [3.05, 3.63) is 23.9 Å². The molecule has 3 saturated carbocycles. The van der Waals surface area contributed by atoms with Crippen LogP contribution in [-0.2, 0) is 9.47 Å². The number of ether oxygens (including phenoxy) is 2. The highest BCUT2D eigenvalue weighted by atomic mass is 16.7. The number of nitrogens with two attached hydrogens (primary N) is 2. The van der Waals surface area contributed by atoms with E-state index in [2.05, 4.69) is 52.2 Å². The zero-order valence-electron chi connectivity index (χ0n) is 31.5. The van der Waals surface area contributed by atoms with Crippen molar-refractivity contribution in [3.8, 4) is 0 Å². The van der Waals surface area contributed by atoms with Gasteiger partial charge < -0.3 is 20.9 Å². The molecule has 0 saturated heterocycles. The van der Waals surface area contributed by atoms with Crippen LogP contribution in [0.1, 0.15) is 144 Å². The van der Waals surface area contributed by atoms with Crippen LogP contribution in [0.2, 0.25) is 0 Å². The molecule has 4 aliphatic rings. The van der Waals surface area contributed by atoms with Crippen molar-refractivity contribution in [1.82, 2.24) is 4.90 Å². The molecule has 5 N–H and O–H groups in total. The van der Waals surface area contributed by atoms with Crippen molar-refractivity contribution in [2.24, 2.45) is 57.8 Å². The van der Waals surface area contributed by atoms with Gasteiger partial charge in [-0.2, -0.15) is 0 Å². The maximum absolute atomic E-state index is 12.8. The maximum Gasteiger partial charge on any atom is 0.508 e. The number of unbranched alkanes of at least 4 members (excludes halogenated alkanes) is 2. The molecule has 0 aromatic carbocycles. The highest BCUT2D eigenvalue weighted by Crippen LogP contribution is 2.67. The van der Waals surface area contributed by atoms with Gasteiger partial charge in [0.05, 0.1) is 5.84 Å². The fourth-order valence-corrected chi connectivity index (χ4v) is 10.9. The molecule has 0 unspecified atom stereocenters. The molecule has 0 aromatic heterocycles. The van der Waals surface area contributed by atoms with Crippen LogP contribution in [-0.4, -0.2) is 49.2 Å². The summed E-state index contributed by atoms with van der Waals surface area (Å²) in [6.07, 6.45) is 21.2.